The van der Waals surface area contributed by atoms with E-state index < -0.39 is 0 Å². The predicted octanol–water partition coefficient (Wildman–Crippen LogP) is 4.32. The smallest absolute Gasteiger partial charge is 0.253 e. The standard InChI is InChI=1S/C26H34N4O2S/c1-5-29(6-2)14-15-30(26(33)27-19(3)20-10-8-7-9-11-20)18-22-16-21-17-23(32-4)12-13-24(21)28-25(22)31/h7-13,16-17,19H,5-6,14-15,18H2,1-4H3,(H,27,33)(H,28,31)/t19-/m1/s1. The number of pyridine rings is 1. The minimum atomic E-state index is -0.0978. The highest BCUT2D eigenvalue weighted by Gasteiger charge is 2.17. The second-order valence-corrected chi connectivity index (χ2v) is 8.49. The summed E-state index contributed by atoms with van der Waals surface area (Å²) in [4.78, 5) is 20.3. The van der Waals surface area contributed by atoms with Crippen LogP contribution in [0.5, 0.6) is 5.75 Å². The maximum Gasteiger partial charge on any atom is 0.253 e. The lowest BCUT2D eigenvalue weighted by Gasteiger charge is -2.30. The first-order valence-corrected chi connectivity index (χ1v) is 11.9. The lowest BCUT2D eigenvalue weighted by Crippen LogP contribution is -2.44. The number of likely N-dealkylation sites (N-methyl/N-ethyl adjacent to an activating group) is 1. The number of nitrogens with one attached hydrogen (secondary N) is 2. The van der Waals surface area contributed by atoms with Crippen molar-refractivity contribution in [2.45, 2.75) is 33.4 Å². The summed E-state index contributed by atoms with van der Waals surface area (Å²) >= 11 is 5.82. The van der Waals surface area contributed by atoms with Crippen molar-refractivity contribution in [1.82, 2.24) is 20.1 Å². The third-order valence-electron chi connectivity index (χ3n) is 6.00. The number of ether oxygens (including phenoxy) is 1. The van der Waals surface area contributed by atoms with E-state index >= 15 is 0 Å². The molecule has 0 radical (unpaired) electrons. The Morgan fingerprint density at radius 1 is 1.09 bits per heavy atom. The molecular formula is C26H34N4O2S. The molecule has 3 rings (SSSR count). The summed E-state index contributed by atoms with van der Waals surface area (Å²) in [5.74, 6) is 0.757. The van der Waals surface area contributed by atoms with Gasteiger partial charge in [0.25, 0.3) is 5.56 Å². The highest BCUT2D eigenvalue weighted by atomic mass is 32.1. The molecule has 1 heterocycles. The zero-order chi connectivity index (χ0) is 23.8. The fourth-order valence-electron chi connectivity index (χ4n) is 3.84. The van der Waals surface area contributed by atoms with Gasteiger partial charge in [-0.15, -0.1) is 0 Å². The van der Waals surface area contributed by atoms with E-state index in [0.29, 0.717) is 17.2 Å². The van der Waals surface area contributed by atoms with Gasteiger partial charge in [-0.2, -0.15) is 0 Å². The number of aromatic nitrogens is 1. The fourth-order valence-corrected chi connectivity index (χ4v) is 4.17. The molecule has 0 aliphatic rings. The summed E-state index contributed by atoms with van der Waals surface area (Å²) in [5.41, 5.74) is 2.53. The lowest BCUT2D eigenvalue weighted by atomic mass is 10.1. The molecule has 0 amide bonds. The van der Waals surface area contributed by atoms with E-state index in [1.165, 1.54) is 5.56 Å². The van der Waals surface area contributed by atoms with E-state index in [4.69, 9.17) is 17.0 Å². The largest absolute Gasteiger partial charge is 0.497 e. The van der Waals surface area contributed by atoms with Crippen LogP contribution in [0.15, 0.2) is 59.4 Å². The summed E-state index contributed by atoms with van der Waals surface area (Å²) in [6.45, 7) is 10.4. The van der Waals surface area contributed by atoms with Crippen LogP contribution >= 0.6 is 12.2 Å². The van der Waals surface area contributed by atoms with Crippen LogP contribution in [-0.2, 0) is 6.54 Å². The molecule has 0 fully saturated rings. The zero-order valence-corrected chi connectivity index (χ0v) is 20.7. The van der Waals surface area contributed by atoms with Gasteiger partial charge < -0.3 is 24.8 Å². The van der Waals surface area contributed by atoms with Crippen LogP contribution in [0.25, 0.3) is 10.9 Å². The number of hydrogen-bond acceptors (Lipinski definition) is 4. The van der Waals surface area contributed by atoms with Gasteiger partial charge in [0.15, 0.2) is 5.11 Å². The quantitative estimate of drug-likeness (QED) is 0.434. The van der Waals surface area contributed by atoms with Crippen molar-refractivity contribution in [2.75, 3.05) is 33.3 Å². The Morgan fingerprint density at radius 2 is 1.82 bits per heavy atom. The molecule has 0 saturated heterocycles. The average molecular weight is 467 g/mol. The Kier molecular flexibility index (Phi) is 8.86. The normalized spacial score (nSPS) is 12.0. The van der Waals surface area contributed by atoms with Crippen molar-refractivity contribution >= 4 is 28.2 Å². The Balaban J connectivity index is 1.84. The summed E-state index contributed by atoms with van der Waals surface area (Å²) in [6, 6.07) is 17.9. The van der Waals surface area contributed by atoms with Gasteiger partial charge >= 0.3 is 0 Å². The fraction of sp³-hybridized carbons (Fsp3) is 0.385. The lowest BCUT2D eigenvalue weighted by molar-refractivity contribution is 0.262. The molecule has 2 N–H and O–H groups in total. The number of H-pyrrole nitrogens is 1. The summed E-state index contributed by atoms with van der Waals surface area (Å²) in [5, 5.41) is 5.03. The van der Waals surface area contributed by atoms with E-state index in [9.17, 15) is 4.79 Å². The molecule has 0 aliphatic carbocycles. The van der Waals surface area contributed by atoms with Crippen LogP contribution in [0, 0.1) is 0 Å². The number of methoxy groups -OCH3 is 1. The van der Waals surface area contributed by atoms with Gasteiger partial charge in [0.1, 0.15) is 5.75 Å². The number of thiocarbonyl (C=S) groups is 1. The molecule has 0 saturated carbocycles. The molecule has 1 atom stereocenters. The summed E-state index contributed by atoms with van der Waals surface area (Å²) in [6.07, 6.45) is 0. The summed E-state index contributed by atoms with van der Waals surface area (Å²) < 4.78 is 5.35. The number of hydrogen-bond donors (Lipinski definition) is 2. The minimum absolute atomic E-state index is 0.0637. The zero-order valence-electron chi connectivity index (χ0n) is 19.9. The highest BCUT2D eigenvalue weighted by Crippen LogP contribution is 2.19. The first kappa shape index (κ1) is 24.7. The number of nitrogens with zero attached hydrogens (tertiary/aromatic N) is 2. The predicted molar refractivity (Wildman–Crippen MR) is 140 cm³/mol. The molecule has 1 aromatic heterocycles. The van der Waals surface area contributed by atoms with Crippen LogP contribution in [0.2, 0.25) is 0 Å². The van der Waals surface area contributed by atoms with Crippen LogP contribution in [0.4, 0.5) is 0 Å². The van der Waals surface area contributed by atoms with Crippen LogP contribution < -0.4 is 15.6 Å². The topological polar surface area (TPSA) is 60.6 Å². The van der Waals surface area contributed by atoms with Gasteiger partial charge in [-0.05, 0) is 62.1 Å². The molecule has 0 aliphatic heterocycles. The van der Waals surface area contributed by atoms with Crippen molar-refractivity contribution in [2.24, 2.45) is 0 Å². The molecule has 0 bridgehead atoms. The number of aromatic amines is 1. The third-order valence-corrected chi connectivity index (χ3v) is 6.37. The van der Waals surface area contributed by atoms with E-state index in [1.54, 1.807) is 7.11 Å². The molecule has 7 heteroatoms. The first-order valence-electron chi connectivity index (χ1n) is 11.5. The van der Waals surface area contributed by atoms with Crippen molar-refractivity contribution in [3.8, 4) is 5.75 Å². The van der Waals surface area contributed by atoms with Crippen molar-refractivity contribution < 1.29 is 4.74 Å². The number of fused-ring (bicyclic) bond motifs is 1. The van der Waals surface area contributed by atoms with Gasteiger partial charge in [-0.25, -0.2) is 0 Å². The van der Waals surface area contributed by atoms with Crippen molar-refractivity contribution in [1.29, 1.82) is 0 Å². The molecule has 33 heavy (non-hydrogen) atoms. The van der Waals surface area contributed by atoms with Gasteiger partial charge in [0.2, 0.25) is 0 Å². The maximum absolute atomic E-state index is 12.9. The Morgan fingerprint density at radius 3 is 2.48 bits per heavy atom. The van der Waals surface area contributed by atoms with Crippen LogP contribution in [0.3, 0.4) is 0 Å². The van der Waals surface area contributed by atoms with Crippen LogP contribution in [-0.4, -0.2) is 53.2 Å². The highest BCUT2D eigenvalue weighted by molar-refractivity contribution is 7.80. The van der Waals surface area contributed by atoms with E-state index in [-0.39, 0.29) is 11.6 Å². The van der Waals surface area contributed by atoms with E-state index in [2.05, 4.69) is 53.0 Å². The minimum Gasteiger partial charge on any atom is -0.497 e. The van der Waals surface area contributed by atoms with Crippen LogP contribution in [0.1, 0.15) is 37.9 Å². The van der Waals surface area contributed by atoms with Crippen molar-refractivity contribution in [3.63, 3.8) is 0 Å². The maximum atomic E-state index is 12.9. The molecule has 6 nitrogen and oxygen atoms in total. The second-order valence-electron chi connectivity index (χ2n) is 8.11. The van der Waals surface area contributed by atoms with Crippen molar-refractivity contribution in [3.05, 3.63) is 76.1 Å². The molecule has 0 unspecified atom stereocenters. The van der Waals surface area contributed by atoms with Gasteiger partial charge in [0, 0.05) is 29.6 Å². The monoisotopic (exact) mass is 466 g/mol. The molecule has 0 spiro atoms. The third kappa shape index (κ3) is 6.55. The number of rotatable bonds is 10. The average Bonchev–Trinajstić information content (AvgIpc) is 2.84. The summed E-state index contributed by atoms with van der Waals surface area (Å²) in [7, 11) is 1.64. The van der Waals surface area contributed by atoms with Gasteiger partial charge in [-0.3, -0.25) is 4.79 Å². The Bertz CT molecular complexity index is 1110. The Hall–Kier alpha value is -2.90. The van der Waals surface area contributed by atoms with Gasteiger partial charge in [0.05, 0.1) is 19.7 Å². The van der Waals surface area contributed by atoms with Gasteiger partial charge in [-0.1, -0.05) is 44.2 Å². The molecule has 3 aromatic rings. The molecule has 176 valence electrons. The SMILES string of the molecule is CCN(CC)CCN(Cc1cc2cc(OC)ccc2[nH]c1=O)C(=S)N[C@H](C)c1ccccc1. The Labute approximate surface area is 201 Å². The number of benzene rings is 2. The second kappa shape index (κ2) is 11.8. The van der Waals surface area contributed by atoms with E-state index in [1.807, 2.05) is 42.5 Å². The molecule has 2 aromatic carbocycles. The first-order chi connectivity index (χ1) is 15.9. The van der Waals surface area contributed by atoms with E-state index in [0.717, 1.165) is 42.8 Å². The molecular weight excluding hydrogens is 432 g/mol.